The fourth-order valence-electron chi connectivity index (χ4n) is 1.64. The number of carbonyl (C=O) groups is 1. The number of hydrogen-bond donors (Lipinski definition) is 2. The molecule has 0 atom stereocenters. The maximum Gasteiger partial charge on any atom is 0.263 e. The van der Waals surface area contributed by atoms with Crippen LogP contribution in [0.1, 0.15) is 18.9 Å². The van der Waals surface area contributed by atoms with Crippen LogP contribution < -0.4 is 10.6 Å². The van der Waals surface area contributed by atoms with Gasteiger partial charge in [0.2, 0.25) is 0 Å². The highest BCUT2D eigenvalue weighted by Gasteiger charge is 2.07. The summed E-state index contributed by atoms with van der Waals surface area (Å²) in [5.74, 6) is -0.373. The molecule has 6 heteroatoms. The molecule has 0 aliphatic rings. The van der Waals surface area contributed by atoms with E-state index in [9.17, 15) is 4.79 Å². The third-order valence-corrected chi connectivity index (χ3v) is 3.31. The Hall–Kier alpha value is -1.84. The van der Waals surface area contributed by atoms with Crippen molar-refractivity contribution >= 4 is 21.8 Å². The maximum absolute atomic E-state index is 11.8. The quantitative estimate of drug-likeness (QED) is 0.400. The molecule has 2 N–H and O–H groups in total. The molecule has 0 saturated heterocycles. The largest absolute Gasteiger partial charge is 0.386 e. The Kier molecular flexibility index (Phi) is 8.96. The van der Waals surface area contributed by atoms with Crippen molar-refractivity contribution in [2.24, 2.45) is 0 Å². The first-order valence-corrected chi connectivity index (χ1v) is 7.90. The highest BCUT2D eigenvalue weighted by molar-refractivity contribution is 9.10. The van der Waals surface area contributed by atoms with Gasteiger partial charge in [-0.1, -0.05) is 28.1 Å². The van der Waals surface area contributed by atoms with Gasteiger partial charge >= 0.3 is 0 Å². The fourth-order valence-corrected chi connectivity index (χ4v) is 1.90. The van der Waals surface area contributed by atoms with E-state index in [0.717, 1.165) is 16.5 Å². The predicted molar refractivity (Wildman–Crippen MR) is 88.8 cm³/mol. The molecule has 0 aliphatic carbocycles. The smallest absolute Gasteiger partial charge is 0.263 e. The number of halogens is 1. The minimum Gasteiger partial charge on any atom is -0.386 e. The molecule has 0 saturated carbocycles. The van der Waals surface area contributed by atoms with Crippen LogP contribution in [0.25, 0.3) is 0 Å². The molecule has 0 heterocycles. The Morgan fingerprint density at radius 3 is 2.77 bits per heavy atom. The molecule has 1 rings (SSSR count). The third kappa shape index (κ3) is 7.25. The first kappa shape index (κ1) is 18.2. The second-order valence-corrected chi connectivity index (χ2v) is 5.40. The molecular formula is C16H20BrN3O2. The maximum atomic E-state index is 11.8. The lowest BCUT2D eigenvalue weighted by atomic mass is 10.2. The lowest BCUT2D eigenvalue weighted by Crippen LogP contribution is -2.27. The first-order chi connectivity index (χ1) is 10.7. The van der Waals surface area contributed by atoms with Crippen LogP contribution in [0.4, 0.5) is 0 Å². The summed E-state index contributed by atoms with van der Waals surface area (Å²) in [6, 6.07) is 9.71. The molecule has 118 valence electrons. The normalized spacial score (nSPS) is 10.9. The molecule has 5 nitrogen and oxygen atoms in total. The van der Waals surface area contributed by atoms with Crippen molar-refractivity contribution in [3.63, 3.8) is 0 Å². The topological polar surface area (TPSA) is 74.1 Å². The summed E-state index contributed by atoms with van der Waals surface area (Å²) in [7, 11) is 0. The highest BCUT2D eigenvalue weighted by atomic mass is 79.9. The first-order valence-electron chi connectivity index (χ1n) is 7.11. The monoisotopic (exact) mass is 365 g/mol. The van der Waals surface area contributed by atoms with E-state index in [4.69, 9.17) is 10.00 Å². The van der Waals surface area contributed by atoms with Crippen LogP contribution in [0, 0.1) is 11.3 Å². The van der Waals surface area contributed by atoms with Crippen molar-refractivity contribution in [2.45, 2.75) is 19.9 Å². The van der Waals surface area contributed by atoms with Gasteiger partial charge in [0.1, 0.15) is 11.6 Å². The summed E-state index contributed by atoms with van der Waals surface area (Å²) in [5.41, 5.74) is 1.13. The average molecular weight is 366 g/mol. The summed E-state index contributed by atoms with van der Waals surface area (Å²) in [5, 5.41) is 14.7. The summed E-state index contributed by atoms with van der Waals surface area (Å²) < 4.78 is 6.19. The molecule has 0 aliphatic heterocycles. The van der Waals surface area contributed by atoms with Crippen LogP contribution in [-0.4, -0.2) is 25.7 Å². The van der Waals surface area contributed by atoms with E-state index in [1.807, 2.05) is 37.3 Å². The van der Waals surface area contributed by atoms with Crippen LogP contribution >= 0.6 is 15.9 Å². The number of nitrogens with zero attached hydrogens (tertiary/aromatic N) is 1. The van der Waals surface area contributed by atoms with E-state index in [1.54, 1.807) is 0 Å². The molecule has 0 unspecified atom stereocenters. The van der Waals surface area contributed by atoms with E-state index in [-0.39, 0.29) is 11.5 Å². The standard InChI is InChI=1S/C16H20BrN3O2/c1-2-22-9-3-8-20-16(21)14(10-18)12-19-11-13-4-6-15(17)7-5-13/h4-7,12,19H,2-3,8-9,11H2,1H3,(H,20,21)/b14-12-. The minimum absolute atomic E-state index is 0.0634. The van der Waals surface area contributed by atoms with Gasteiger partial charge in [0.25, 0.3) is 5.91 Å². The second kappa shape index (κ2) is 10.8. The van der Waals surface area contributed by atoms with E-state index >= 15 is 0 Å². The number of benzene rings is 1. The zero-order valence-electron chi connectivity index (χ0n) is 12.6. The van der Waals surface area contributed by atoms with Crippen LogP contribution in [0.3, 0.4) is 0 Å². The van der Waals surface area contributed by atoms with Crippen molar-refractivity contribution in [3.05, 3.63) is 46.1 Å². The van der Waals surface area contributed by atoms with E-state index in [0.29, 0.717) is 26.3 Å². The fraction of sp³-hybridized carbons (Fsp3) is 0.375. The van der Waals surface area contributed by atoms with Gasteiger partial charge in [-0.3, -0.25) is 4.79 Å². The molecule has 0 aromatic heterocycles. The molecule has 22 heavy (non-hydrogen) atoms. The number of hydrogen-bond acceptors (Lipinski definition) is 4. The summed E-state index contributed by atoms with van der Waals surface area (Å²) in [6.07, 6.45) is 2.17. The Balaban J connectivity index is 2.37. The summed E-state index contributed by atoms with van der Waals surface area (Å²) in [4.78, 5) is 11.8. The van der Waals surface area contributed by atoms with Crippen molar-refractivity contribution in [1.82, 2.24) is 10.6 Å². The van der Waals surface area contributed by atoms with Gasteiger partial charge < -0.3 is 15.4 Å². The number of rotatable bonds is 9. The van der Waals surface area contributed by atoms with Crippen molar-refractivity contribution in [1.29, 1.82) is 5.26 Å². The predicted octanol–water partition coefficient (Wildman–Crippen LogP) is 2.49. The van der Waals surface area contributed by atoms with Crippen LogP contribution in [0.2, 0.25) is 0 Å². The van der Waals surface area contributed by atoms with Gasteiger partial charge in [-0.2, -0.15) is 5.26 Å². The Morgan fingerprint density at radius 2 is 2.14 bits per heavy atom. The van der Waals surface area contributed by atoms with E-state index in [1.165, 1.54) is 6.20 Å². The van der Waals surface area contributed by atoms with Gasteiger partial charge in [0.05, 0.1) is 0 Å². The average Bonchev–Trinajstić information content (AvgIpc) is 2.53. The lowest BCUT2D eigenvalue weighted by Gasteiger charge is -2.05. The number of ether oxygens (including phenoxy) is 1. The molecule has 0 spiro atoms. The Morgan fingerprint density at radius 1 is 1.41 bits per heavy atom. The SMILES string of the molecule is CCOCCCNC(=O)/C(C#N)=C\NCc1ccc(Br)cc1. The molecular weight excluding hydrogens is 346 g/mol. The zero-order chi connectivity index (χ0) is 16.2. The van der Waals surface area contributed by atoms with Gasteiger partial charge in [-0.15, -0.1) is 0 Å². The van der Waals surface area contributed by atoms with Crippen molar-refractivity contribution in [3.8, 4) is 6.07 Å². The molecule has 1 aromatic rings. The van der Waals surface area contributed by atoms with Crippen LogP contribution in [0.15, 0.2) is 40.5 Å². The van der Waals surface area contributed by atoms with Gasteiger partial charge in [0.15, 0.2) is 0 Å². The van der Waals surface area contributed by atoms with E-state index in [2.05, 4.69) is 26.6 Å². The third-order valence-electron chi connectivity index (χ3n) is 2.79. The summed E-state index contributed by atoms with van der Waals surface area (Å²) in [6.45, 7) is 4.23. The number of nitriles is 1. The number of amides is 1. The Bertz CT molecular complexity index is 535. The zero-order valence-corrected chi connectivity index (χ0v) is 14.1. The van der Waals surface area contributed by atoms with Crippen LogP contribution in [0.5, 0.6) is 0 Å². The van der Waals surface area contributed by atoms with Crippen molar-refractivity contribution < 1.29 is 9.53 Å². The number of carbonyl (C=O) groups excluding carboxylic acids is 1. The molecule has 0 radical (unpaired) electrons. The van der Waals surface area contributed by atoms with Gasteiger partial charge in [-0.25, -0.2) is 0 Å². The molecule has 0 fully saturated rings. The second-order valence-electron chi connectivity index (χ2n) is 4.48. The molecule has 1 amide bonds. The summed E-state index contributed by atoms with van der Waals surface area (Å²) >= 11 is 3.37. The lowest BCUT2D eigenvalue weighted by molar-refractivity contribution is -0.117. The Labute approximate surface area is 139 Å². The highest BCUT2D eigenvalue weighted by Crippen LogP contribution is 2.10. The number of nitrogens with one attached hydrogen (secondary N) is 2. The molecule has 0 bridgehead atoms. The van der Waals surface area contributed by atoms with Crippen molar-refractivity contribution in [2.75, 3.05) is 19.8 Å². The van der Waals surface area contributed by atoms with Gasteiger partial charge in [0, 0.05) is 37.0 Å². The molecule has 1 aromatic carbocycles. The van der Waals surface area contributed by atoms with E-state index < -0.39 is 0 Å². The van der Waals surface area contributed by atoms with Crippen LogP contribution in [-0.2, 0) is 16.1 Å². The minimum atomic E-state index is -0.373. The van der Waals surface area contributed by atoms with Gasteiger partial charge in [-0.05, 0) is 31.0 Å².